The molecule has 0 saturated carbocycles. The molecule has 0 aliphatic carbocycles. The first-order chi connectivity index (χ1) is 12.3. The number of hydrogen-bond acceptors (Lipinski definition) is 6. The zero-order chi connectivity index (χ0) is 17.1. The van der Waals surface area contributed by atoms with Crippen LogP contribution in [-0.4, -0.2) is 42.2 Å². The Labute approximate surface area is 149 Å². The average molecular weight is 354 g/mol. The maximum absolute atomic E-state index is 12.3. The largest absolute Gasteiger partial charge is 0.378 e. The predicted octanol–water partition coefficient (Wildman–Crippen LogP) is 2.46. The lowest BCUT2D eigenvalue weighted by molar-refractivity contribution is 0.0951. The third-order valence-corrected chi connectivity index (χ3v) is 4.98. The molecule has 0 radical (unpaired) electrons. The number of fused-ring (bicyclic) bond motifs is 1. The Balaban J connectivity index is 1.37. The fourth-order valence-electron chi connectivity index (χ4n) is 2.78. The van der Waals surface area contributed by atoms with Crippen molar-refractivity contribution >= 4 is 33.3 Å². The van der Waals surface area contributed by atoms with Gasteiger partial charge in [-0.25, -0.2) is 9.97 Å². The molecule has 6 nitrogen and oxygen atoms in total. The highest BCUT2D eigenvalue weighted by Gasteiger charge is 2.12. The topological polar surface area (TPSA) is 67.4 Å². The first-order valence-corrected chi connectivity index (χ1v) is 9.07. The first kappa shape index (κ1) is 16.0. The maximum Gasteiger partial charge on any atom is 0.251 e. The summed E-state index contributed by atoms with van der Waals surface area (Å²) in [7, 11) is 0. The normalized spacial score (nSPS) is 14.6. The number of nitrogens with zero attached hydrogens (tertiary/aromatic N) is 3. The van der Waals surface area contributed by atoms with Crippen molar-refractivity contribution in [3.63, 3.8) is 0 Å². The van der Waals surface area contributed by atoms with Gasteiger partial charge in [-0.2, -0.15) is 0 Å². The summed E-state index contributed by atoms with van der Waals surface area (Å²) in [5.41, 5.74) is 4.33. The number of rotatable bonds is 4. The number of pyridine rings is 1. The molecule has 0 bridgehead atoms. The van der Waals surface area contributed by atoms with E-state index < -0.39 is 0 Å². The standard InChI is InChI=1S/C18H18N4O2S/c23-18(14-2-3-15-16(9-14)25-12-21-15)20-11-13-1-4-17(19-10-13)22-5-7-24-8-6-22/h1-4,9-10,12H,5-8,11H2,(H,20,23). The molecule has 2 aromatic heterocycles. The van der Waals surface area contributed by atoms with Crippen LogP contribution in [0, 0.1) is 0 Å². The number of aromatic nitrogens is 2. The van der Waals surface area contributed by atoms with Gasteiger partial charge in [0, 0.05) is 31.4 Å². The van der Waals surface area contributed by atoms with Gasteiger partial charge in [-0.15, -0.1) is 11.3 Å². The highest BCUT2D eigenvalue weighted by Crippen LogP contribution is 2.19. The fourth-order valence-corrected chi connectivity index (χ4v) is 3.50. The third kappa shape index (κ3) is 3.62. The van der Waals surface area contributed by atoms with E-state index in [1.165, 1.54) is 11.3 Å². The van der Waals surface area contributed by atoms with E-state index in [0.717, 1.165) is 47.9 Å². The van der Waals surface area contributed by atoms with Crippen molar-refractivity contribution in [3.8, 4) is 0 Å². The summed E-state index contributed by atoms with van der Waals surface area (Å²) in [5.74, 6) is 0.863. The lowest BCUT2D eigenvalue weighted by atomic mass is 10.2. The second-order valence-corrected chi connectivity index (χ2v) is 6.73. The number of thiazole rings is 1. The first-order valence-electron chi connectivity index (χ1n) is 8.19. The smallest absolute Gasteiger partial charge is 0.251 e. The molecule has 0 atom stereocenters. The van der Waals surface area contributed by atoms with E-state index >= 15 is 0 Å². The number of nitrogens with one attached hydrogen (secondary N) is 1. The molecule has 4 rings (SSSR count). The zero-order valence-electron chi connectivity index (χ0n) is 13.6. The number of hydrogen-bond donors (Lipinski definition) is 1. The second-order valence-electron chi connectivity index (χ2n) is 5.84. The summed E-state index contributed by atoms with van der Waals surface area (Å²) in [6, 6.07) is 9.55. The summed E-state index contributed by atoms with van der Waals surface area (Å²) in [6.45, 7) is 3.66. The number of morpholine rings is 1. The van der Waals surface area contributed by atoms with Crippen molar-refractivity contribution in [2.45, 2.75) is 6.54 Å². The van der Waals surface area contributed by atoms with Gasteiger partial charge in [0.05, 0.1) is 28.9 Å². The SMILES string of the molecule is O=C(NCc1ccc(N2CCOCC2)nc1)c1ccc2ncsc2c1. The van der Waals surface area contributed by atoms with E-state index in [2.05, 4.69) is 20.2 Å². The summed E-state index contributed by atoms with van der Waals surface area (Å²) >= 11 is 1.53. The zero-order valence-corrected chi connectivity index (χ0v) is 14.5. The third-order valence-electron chi connectivity index (χ3n) is 4.19. The monoisotopic (exact) mass is 354 g/mol. The minimum Gasteiger partial charge on any atom is -0.378 e. The van der Waals surface area contributed by atoms with Crippen molar-refractivity contribution in [3.05, 3.63) is 53.2 Å². The predicted molar refractivity (Wildman–Crippen MR) is 98.1 cm³/mol. The molecule has 0 spiro atoms. The van der Waals surface area contributed by atoms with E-state index in [1.807, 2.05) is 30.5 Å². The number of amides is 1. The van der Waals surface area contributed by atoms with E-state index in [9.17, 15) is 4.79 Å². The summed E-state index contributed by atoms with van der Waals surface area (Å²) in [5, 5.41) is 2.94. The Morgan fingerprint density at radius 1 is 1.20 bits per heavy atom. The van der Waals surface area contributed by atoms with Crippen LogP contribution in [0.3, 0.4) is 0 Å². The second kappa shape index (κ2) is 7.16. The van der Waals surface area contributed by atoms with Crippen LogP contribution in [0.2, 0.25) is 0 Å². The molecule has 25 heavy (non-hydrogen) atoms. The molecule has 1 amide bonds. The molecule has 3 aromatic rings. The number of benzene rings is 1. The van der Waals surface area contributed by atoms with Gasteiger partial charge >= 0.3 is 0 Å². The quantitative estimate of drug-likeness (QED) is 0.779. The van der Waals surface area contributed by atoms with Gasteiger partial charge < -0.3 is 15.0 Å². The summed E-state index contributed by atoms with van der Waals surface area (Å²) in [6.07, 6.45) is 1.82. The van der Waals surface area contributed by atoms with Crippen LogP contribution in [0.25, 0.3) is 10.2 Å². The highest BCUT2D eigenvalue weighted by molar-refractivity contribution is 7.16. The number of carbonyl (C=O) groups excluding carboxylic acids is 1. The molecular weight excluding hydrogens is 336 g/mol. The lowest BCUT2D eigenvalue weighted by Crippen LogP contribution is -2.36. The Morgan fingerprint density at radius 3 is 2.88 bits per heavy atom. The molecular formula is C18H18N4O2S. The minimum absolute atomic E-state index is 0.0902. The van der Waals surface area contributed by atoms with Crippen LogP contribution in [0.4, 0.5) is 5.82 Å². The van der Waals surface area contributed by atoms with E-state index in [4.69, 9.17) is 4.74 Å². The minimum atomic E-state index is -0.0902. The molecule has 7 heteroatoms. The fraction of sp³-hybridized carbons (Fsp3) is 0.278. The Morgan fingerprint density at radius 2 is 2.08 bits per heavy atom. The van der Waals surface area contributed by atoms with Crippen molar-refractivity contribution < 1.29 is 9.53 Å². The van der Waals surface area contributed by atoms with Crippen molar-refractivity contribution in [2.75, 3.05) is 31.2 Å². The number of anilines is 1. The Hall–Kier alpha value is -2.51. The van der Waals surface area contributed by atoms with Gasteiger partial charge in [0.2, 0.25) is 0 Å². The molecule has 1 N–H and O–H groups in total. The van der Waals surface area contributed by atoms with Crippen LogP contribution in [0.1, 0.15) is 15.9 Å². The molecule has 1 aliphatic rings. The van der Waals surface area contributed by atoms with Crippen LogP contribution in [-0.2, 0) is 11.3 Å². The number of carbonyl (C=O) groups is 1. The lowest BCUT2D eigenvalue weighted by Gasteiger charge is -2.27. The van der Waals surface area contributed by atoms with Gasteiger partial charge in [0.1, 0.15) is 5.82 Å². The van der Waals surface area contributed by atoms with Crippen LogP contribution >= 0.6 is 11.3 Å². The average Bonchev–Trinajstić information content (AvgIpc) is 3.15. The Kier molecular flexibility index (Phi) is 4.58. The highest BCUT2D eigenvalue weighted by atomic mass is 32.1. The van der Waals surface area contributed by atoms with Crippen molar-refractivity contribution in [1.82, 2.24) is 15.3 Å². The van der Waals surface area contributed by atoms with Gasteiger partial charge in [-0.1, -0.05) is 6.07 Å². The van der Waals surface area contributed by atoms with Crippen molar-refractivity contribution in [1.29, 1.82) is 0 Å². The van der Waals surface area contributed by atoms with E-state index in [0.29, 0.717) is 12.1 Å². The molecule has 1 aliphatic heterocycles. The van der Waals surface area contributed by atoms with Gasteiger partial charge in [0.15, 0.2) is 0 Å². The number of ether oxygens (including phenoxy) is 1. The van der Waals surface area contributed by atoms with Crippen LogP contribution in [0.5, 0.6) is 0 Å². The Bertz CT molecular complexity index is 872. The molecule has 1 saturated heterocycles. The van der Waals surface area contributed by atoms with Crippen LogP contribution < -0.4 is 10.2 Å². The van der Waals surface area contributed by atoms with Gasteiger partial charge in [0.25, 0.3) is 5.91 Å². The molecule has 0 unspecified atom stereocenters. The molecule has 1 fully saturated rings. The molecule has 3 heterocycles. The van der Waals surface area contributed by atoms with E-state index in [1.54, 1.807) is 11.6 Å². The van der Waals surface area contributed by atoms with Crippen LogP contribution in [0.15, 0.2) is 42.0 Å². The van der Waals surface area contributed by atoms with Crippen molar-refractivity contribution in [2.24, 2.45) is 0 Å². The summed E-state index contributed by atoms with van der Waals surface area (Å²) in [4.78, 5) is 23.3. The molecule has 1 aromatic carbocycles. The molecule has 128 valence electrons. The maximum atomic E-state index is 12.3. The van der Waals surface area contributed by atoms with E-state index in [-0.39, 0.29) is 5.91 Å². The van der Waals surface area contributed by atoms with Gasteiger partial charge in [-0.05, 0) is 29.8 Å². The summed E-state index contributed by atoms with van der Waals surface area (Å²) < 4.78 is 6.37. The van der Waals surface area contributed by atoms with Gasteiger partial charge in [-0.3, -0.25) is 4.79 Å².